The van der Waals surface area contributed by atoms with Gasteiger partial charge in [-0.1, -0.05) is 6.92 Å². The Balaban J connectivity index is 2.24. The average Bonchev–Trinajstić information content (AvgIpc) is 2.40. The maximum Gasteiger partial charge on any atom is 0.146 e. The first-order valence-electron chi connectivity index (χ1n) is 6.34. The van der Waals surface area contributed by atoms with E-state index >= 15 is 0 Å². The molecular formula is C15H16F2N2O. The fourth-order valence-corrected chi connectivity index (χ4v) is 1.75. The number of ether oxygens (including phenoxy) is 1. The minimum Gasteiger partial charge on any atom is -0.493 e. The molecule has 0 atom stereocenters. The lowest BCUT2D eigenvalue weighted by molar-refractivity contribution is 0.318. The van der Waals surface area contributed by atoms with Gasteiger partial charge in [0.15, 0.2) is 0 Å². The highest BCUT2D eigenvalue weighted by Gasteiger charge is 2.06. The molecule has 0 bridgehead atoms. The molecule has 0 heterocycles. The SMILES string of the molecule is CCCOc1cc(N)cc(Nc2cc(F)ccc2F)c1. The van der Waals surface area contributed by atoms with Crippen LogP contribution in [0.15, 0.2) is 36.4 Å². The van der Waals surface area contributed by atoms with E-state index in [2.05, 4.69) is 5.32 Å². The van der Waals surface area contributed by atoms with Crippen molar-refractivity contribution in [1.29, 1.82) is 0 Å². The Hall–Kier alpha value is -2.30. The van der Waals surface area contributed by atoms with Crippen LogP contribution in [0.5, 0.6) is 5.75 Å². The molecule has 0 saturated carbocycles. The molecule has 2 rings (SSSR count). The van der Waals surface area contributed by atoms with Crippen LogP contribution in [0.2, 0.25) is 0 Å². The molecule has 2 aromatic rings. The van der Waals surface area contributed by atoms with Gasteiger partial charge in [0.05, 0.1) is 12.3 Å². The Morgan fingerprint density at radius 2 is 1.95 bits per heavy atom. The lowest BCUT2D eigenvalue weighted by atomic mass is 10.2. The molecule has 0 aliphatic rings. The third-order valence-corrected chi connectivity index (χ3v) is 2.61. The molecule has 5 heteroatoms. The standard InChI is InChI=1S/C15H16F2N2O/c1-2-5-20-13-8-11(18)7-12(9-13)19-15-6-10(16)3-4-14(15)17/h3-4,6-9,19H,2,5,18H2,1H3. The predicted molar refractivity (Wildman–Crippen MR) is 76.3 cm³/mol. The van der Waals surface area contributed by atoms with Crippen molar-refractivity contribution in [2.75, 3.05) is 17.7 Å². The van der Waals surface area contributed by atoms with Crippen LogP contribution in [0.1, 0.15) is 13.3 Å². The van der Waals surface area contributed by atoms with E-state index in [1.165, 1.54) is 0 Å². The third kappa shape index (κ3) is 3.60. The second kappa shape index (κ2) is 6.23. The molecule has 20 heavy (non-hydrogen) atoms. The van der Waals surface area contributed by atoms with Crippen LogP contribution < -0.4 is 15.8 Å². The molecule has 3 N–H and O–H groups in total. The lowest BCUT2D eigenvalue weighted by Gasteiger charge is -2.11. The maximum absolute atomic E-state index is 13.6. The summed E-state index contributed by atoms with van der Waals surface area (Å²) in [5.74, 6) is -0.462. The summed E-state index contributed by atoms with van der Waals surface area (Å²) in [6.45, 7) is 2.56. The van der Waals surface area contributed by atoms with E-state index in [4.69, 9.17) is 10.5 Å². The monoisotopic (exact) mass is 278 g/mol. The molecule has 0 fully saturated rings. The van der Waals surface area contributed by atoms with Gasteiger partial charge in [-0.25, -0.2) is 8.78 Å². The Kier molecular flexibility index (Phi) is 4.40. The fourth-order valence-electron chi connectivity index (χ4n) is 1.75. The summed E-state index contributed by atoms with van der Waals surface area (Å²) in [7, 11) is 0. The van der Waals surface area contributed by atoms with E-state index < -0.39 is 11.6 Å². The van der Waals surface area contributed by atoms with Gasteiger partial charge in [-0.3, -0.25) is 0 Å². The normalized spacial score (nSPS) is 10.3. The van der Waals surface area contributed by atoms with Crippen LogP contribution in [0.25, 0.3) is 0 Å². The summed E-state index contributed by atoms with van der Waals surface area (Å²) >= 11 is 0. The molecular weight excluding hydrogens is 262 g/mol. The first-order valence-corrected chi connectivity index (χ1v) is 6.34. The summed E-state index contributed by atoms with van der Waals surface area (Å²) in [6, 6.07) is 8.22. The molecule has 0 radical (unpaired) electrons. The van der Waals surface area contributed by atoms with Crippen molar-refractivity contribution in [3.05, 3.63) is 48.0 Å². The van der Waals surface area contributed by atoms with Gasteiger partial charge in [0.25, 0.3) is 0 Å². The van der Waals surface area contributed by atoms with E-state index in [1.807, 2.05) is 6.92 Å². The Bertz CT molecular complexity index is 602. The zero-order valence-electron chi connectivity index (χ0n) is 11.1. The number of hydrogen-bond acceptors (Lipinski definition) is 3. The Morgan fingerprint density at radius 1 is 1.15 bits per heavy atom. The van der Waals surface area contributed by atoms with Crippen LogP contribution >= 0.6 is 0 Å². The summed E-state index contributed by atoms with van der Waals surface area (Å²) < 4.78 is 32.2. The smallest absolute Gasteiger partial charge is 0.146 e. The first-order chi connectivity index (χ1) is 9.58. The number of benzene rings is 2. The summed E-state index contributed by atoms with van der Waals surface area (Å²) in [5.41, 5.74) is 6.84. The highest BCUT2D eigenvalue weighted by atomic mass is 19.1. The second-order valence-corrected chi connectivity index (χ2v) is 4.39. The maximum atomic E-state index is 13.6. The van der Waals surface area contributed by atoms with Gasteiger partial charge < -0.3 is 15.8 Å². The summed E-state index contributed by atoms with van der Waals surface area (Å²) in [5, 5.41) is 2.80. The van der Waals surface area contributed by atoms with Gasteiger partial charge in [-0.15, -0.1) is 0 Å². The van der Waals surface area contributed by atoms with Crippen LogP contribution in [0.3, 0.4) is 0 Å². The minimum atomic E-state index is -0.537. The van der Waals surface area contributed by atoms with E-state index in [-0.39, 0.29) is 5.69 Å². The number of nitrogens with one attached hydrogen (secondary N) is 1. The van der Waals surface area contributed by atoms with Crippen LogP contribution in [0, 0.1) is 11.6 Å². The highest BCUT2D eigenvalue weighted by Crippen LogP contribution is 2.27. The molecule has 0 unspecified atom stereocenters. The lowest BCUT2D eigenvalue weighted by Crippen LogP contribution is -1.99. The summed E-state index contributed by atoms with van der Waals surface area (Å²) in [6.07, 6.45) is 0.871. The molecule has 106 valence electrons. The van der Waals surface area contributed by atoms with Crippen molar-refractivity contribution in [2.45, 2.75) is 13.3 Å². The molecule has 0 aliphatic carbocycles. The van der Waals surface area contributed by atoms with Crippen molar-refractivity contribution in [1.82, 2.24) is 0 Å². The second-order valence-electron chi connectivity index (χ2n) is 4.39. The molecule has 3 nitrogen and oxygen atoms in total. The number of anilines is 3. The first kappa shape index (κ1) is 14.1. The highest BCUT2D eigenvalue weighted by molar-refractivity contribution is 5.66. The van der Waals surface area contributed by atoms with Gasteiger partial charge in [-0.2, -0.15) is 0 Å². The number of halogens is 2. The van der Waals surface area contributed by atoms with Crippen molar-refractivity contribution in [3.63, 3.8) is 0 Å². The van der Waals surface area contributed by atoms with E-state index in [1.54, 1.807) is 18.2 Å². The topological polar surface area (TPSA) is 47.3 Å². The zero-order valence-corrected chi connectivity index (χ0v) is 11.1. The summed E-state index contributed by atoms with van der Waals surface area (Å²) in [4.78, 5) is 0. The van der Waals surface area contributed by atoms with Crippen LogP contribution in [-0.2, 0) is 0 Å². The van der Waals surface area contributed by atoms with Gasteiger partial charge in [0.2, 0.25) is 0 Å². The minimum absolute atomic E-state index is 0.0528. The molecule has 0 amide bonds. The average molecular weight is 278 g/mol. The van der Waals surface area contributed by atoms with Gasteiger partial charge in [-0.05, 0) is 24.6 Å². The predicted octanol–water partition coefficient (Wildman–Crippen LogP) is 4.08. The number of rotatable bonds is 5. The van der Waals surface area contributed by atoms with Crippen molar-refractivity contribution in [2.24, 2.45) is 0 Å². The number of hydrogen-bond donors (Lipinski definition) is 2. The van der Waals surface area contributed by atoms with Crippen LogP contribution in [0.4, 0.5) is 25.8 Å². The third-order valence-electron chi connectivity index (χ3n) is 2.61. The quantitative estimate of drug-likeness (QED) is 0.810. The molecule has 2 aromatic carbocycles. The van der Waals surface area contributed by atoms with Crippen molar-refractivity contribution < 1.29 is 13.5 Å². The zero-order chi connectivity index (χ0) is 14.5. The van der Waals surface area contributed by atoms with Gasteiger partial charge >= 0.3 is 0 Å². The largest absolute Gasteiger partial charge is 0.493 e. The van der Waals surface area contributed by atoms with Crippen LogP contribution in [-0.4, -0.2) is 6.61 Å². The fraction of sp³-hybridized carbons (Fsp3) is 0.200. The number of nitrogen functional groups attached to an aromatic ring is 1. The van der Waals surface area contributed by atoms with E-state index in [0.717, 1.165) is 24.6 Å². The molecule has 0 aliphatic heterocycles. The Morgan fingerprint density at radius 3 is 2.70 bits per heavy atom. The Labute approximate surface area is 116 Å². The molecule has 0 saturated heterocycles. The number of nitrogens with two attached hydrogens (primary N) is 1. The molecule has 0 spiro atoms. The van der Waals surface area contributed by atoms with E-state index in [0.29, 0.717) is 23.7 Å². The van der Waals surface area contributed by atoms with Gasteiger partial charge in [0.1, 0.15) is 17.4 Å². The molecule has 0 aromatic heterocycles. The van der Waals surface area contributed by atoms with Crippen molar-refractivity contribution in [3.8, 4) is 5.75 Å². The van der Waals surface area contributed by atoms with E-state index in [9.17, 15) is 8.78 Å². The van der Waals surface area contributed by atoms with Crippen molar-refractivity contribution >= 4 is 17.1 Å². The van der Waals surface area contributed by atoms with Gasteiger partial charge in [0, 0.05) is 29.6 Å².